The Bertz CT molecular complexity index is 1090. The highest BCUT2D eigenvalue weighted by Gasteiger charge is 2.39. The number of ether oxygens (including phenoxy) is 2. The van der Waals surface area contributed by atoms with Crippen LogP contribution in [0.15, 0.2) is 59.0 Å². The third kappa shape index (κ3) is 10.9. The molecule has 0 amide bonds. The third-order valence-electron chi connectivity index (χ3n) is 5.76. The van der Waals surface area contributed by atoms with Gasteiger partial charge in [0.1, 0.15) is 0 Å². The Morgan fingerprint density at radius 2 is 1.56 bits per heavy atom. The van der Waals surface area contributed by atoms with Crippen LogP contribution < -0.4 is 11.1 Å². The van der Waals surface area contributed by atoms with Crippen molar-refractivity contribution in [1.82, 2.24) is 5.32 Å². The Kier molecular flexibility index (Phi) is 15.2. The van der Waals surface area contributed by atoms with E-state index in [2.05, 4.69) is 5.32 Å². The lowest BCUT2D eigenvalue weighted by Crippen LogP contribution is -2.33. The van der Waals surface area contributed by atoms with Crippen LogP contribution in [0.1, 0.15) is 63.9 Å². The van der Waals surface area contributed by atoms with Gasteiger partial charge in [0.15, 0.2) is 0 Å². The summed E-state index contributed by atoms with van der Waals surface area (Å²) < 4.78 is 10.4. The molecule has 1 heterocycles. The first-order valence-corrected chi connectivity index (χ1v) is 13.0. The second-order valence-corrected chi connectivity index (χ2v) is 8.95. The molecule has 39 heavy (non-hydrogen) atoms. The number of hydrogen-bond acceptors (Lipinski definition) is 8. The number of methoxy groups -OCH3 is 1. The van der Waals surface area contributed by atoms with Crippen molar-refractivity contribution >= 4 is 35.5 Å². The zero-order chi connectivity index (χ0) is 29.4. The monoisotopic (exact) mass is 564 g/mol. The molecule has 0 saturated heterocycles. The smallest absolute Gasteiger partial charge is 0.336 e. The summed E-state index contributed by atoms with van der Waals surface area (Å²) in [6.07, 6.45) is 6.94. The second-order valence-electron chi connectivity index (χ2n) is 8.54. The van der Waals surface area contributed by atoms with Crippen molar-refractivity contribution in [2.24, 2.45) is 5.73 Å². The highest BCUT2D eigenvalue weighted by molar-refractivity contribution is 6.31. The van der Waals surface area contributed by atoms with Gasteiger partial charge in [-0.15, -0.1) is 0 Å². The highest BCUT2D eigenvalue weighted by atomic mass is 35.5. The van der Waals surface area contributed by atoms with E-state index in [0.717, 1.165) is 37.8 Å². The van der Waals surface area contributed by atoms with Crippen LogP contribution in [0.3, 0.4) is 0 Å². The van der Waals surface area contributed by atoms with Crippen LogP contribution in [0.4, 0.5) is 0 Å². The Morgan fingerprint density at radius 3 is 2.10 bits per heavy atom. The highest BCUT2D eigenvalue weighted by Crippen LogP contribution is 2.42. The van der Waals surface area contributed by atoms with E-state index in [0.29, 0.717) is 52.5 Å². The van der Waals surface area contributed by atoms with Gasteiger partial charge >= 0.3 is 23.9 Å². The van der Waals surface area contributed by atoms with Crippen LogP contribution in [0.2, 0.25) is 5.02 Å². The molecule has 2 rings (SSSR count). The molecule has 0 fully saturated rings. The predicted molar refractivity (Wildman–Crippen MR) is 147 cm³/mol. The Labute approximate surface area is 233 Å². The average Bonchev–Trinajstić information content (AvgIpc) is 2.89. The molecular weight excluding hydrogens is 528 g/mol. The number of rotatable bonds is 13. The summed E-state index contributed by atoms with van der Waals surface area (Å²) in [5.74, 6) is -4.13. The summed E-state index contributed by atoms with van der Waals surface area (Å²) in [6, 6.07) is 7.24. The van der Waals surface area contributed by atoms with Crippen molar-refractivity contribution in [1.29, 1.82) is 0 Å². The number of hydrogen-bond donors (Lipinski definition) is 4. The van der Waals surface area contributed by atoms with Gasteiger partial charge in [0, 0.05) is 28.6 Å². The Morgan fingerprint density at radius 1 is 0.974 bits per heavy atom. The van der Waals surface area contributed by atoms with Crippen molar-refractivity contribution in [3.8, 4) is 0 Å². The molecule has 1 atom stereocenters. The van der Waals surface area contributed by atoms with E-state index in [9.17, 15) is 19.2 Å². The number of unbranched alkanes of at least 4 members (excludes halogenated alkanes) is 4. The summed E-state index contributed by atoms with van der Waals surface area (Å²) in [4.78, 5) is 44.9. The molecule has 0 unspecified atom stereocenters. The van der Waals surface area contributed by atoms with Gasteiger partial charge in [0.2, 0.25) is 0 Å². The van der Waals surface area contributed by atoms with Crippen LogP contribution >= 0.6 is 11.6 Å². The van der Waals surface area contributed by atoms with E-state index in [1.54, 1.807) is 13.0 Å². The second kappa shape index (κ2) is 17.8. The number of allylic oxidation sites excluding steroid dienone is 2. The van der Waals surface area contributed by atoms with Crippen molar-refractivity contribution in [3.63, 3.8) is 0 Å². The van der Waals surface area contributed by atoms with Gasteiger partial charge in [-0.25, -0.2) is 19.2 Å². The molecule has 0 bridgehead atoms. The number of esters is 2. The summed E-state index contributed by atoms with van der Waals surface area (Å²) in [7, 11) is 1.33. The quantitative estimate of drug-likeness (QED) is 0.154. The number of aliphatic carboxylic acids is 2. The number of nitrogens with two attached hydrogens (primary N) is 1. The summed E-state index contributed by atoms with van der Waals surface area (Å²) >= 11 is 6.51. The standard InChI is InChI=1S/C24H33ClN2O4.C4H4O4/c1-4-31-24(29)22-19(14-8-6-5-7-11-15-26)27-16(2)20(23(28)30-3)21(22)17-12-9-10-13-18(17)25;5-3(6)1-2-4(7)8/h9-10,12-13,21,27H,4-8,11,14-15,26H2,1-3H3;1-2H,(H,5,6)(H,7,8)/t21-;/m1./s1. The molecule has 0 spiro atoms. The largest absolute Gasteiger partial charge is 0.478 e. The normalized spacial score (nSPS) is 14.8. The first kappa shape index (κ1) is 33.4. The zero-order valence-electron chi connectivity index (χ0n) is 22.5. The van der Waals surface area contributed by atoms with Crippen LogP contribution in [-0.4, -0.2) is 54.4 Å². The fourth-order valence-electron chi connectivity index (χ4n) is 4.06. The fraction of sp³-hybridized carbons (Fsp3) is 0.429. The molecule has 0 radical (unpaired) electrons. The lowest BCUT2D eigenvalue weighted by molar-refractivity contribution is -0.139. The Balaban J connectivity index is 0.000000824. The maximum atomic E-state index is 13.1. The van der Waals surface area contributed by atoms with Gasteiger partial charge in [-0.2, -0.15) is 0 Å². The zero-order valence-corrected chi connectivity index (χ0v) is 23.3. The van der Waals surface area contributed by atoms with E-state index >= 15 is 0 Å². The molecule has 1 aromatic rings. The van der Waals surface area contributed by atoms with Crippen molar-refractivity contribution in [2.75, 3.05) is 20.3 Å². The number of dihydropyridines is 1. The van der Waals surface area contributed by atoms with E-state index in [1.807, 2.05) is 25.1 Å². The van der Waals surface area contributed by atoms with Crippen molar-refractivity contribution < 1.29 is 38.9 Å². The van der Waals surface area contributed by atoms with Crippen LogP contribution in [0.25, 0.3) is 0 Å². The van der Waals surface area contributed by atoms with Gasteiger partial charge in [-0.1, -0.05) is 49.1 Å². The number of carboxylic acids is 2. The third-order valence-corrected chi connectivity index (χ3v) is 6.11. The number of halogens is 1. The topological polar surface area (TPSA) is 165 Å². The molecule has 10 nitrogen and oxygen atoms in total. The molecular formula is C28H37ClN2O8. The Hall–Kier alpha value is -3.63. The maximum absolute atomic E-state index is 13.1. The number of carbonyl (C=O) groups excluding carboxylic acids is 2. The minimum atomic E-state index is -1.26. The van der Waals surface area contributed by atoms with Crippen molar-refractivity contribution in [3.05, 3.63) is 69.5 Å². The van der Waals surface area contributed by atoms with Crippen LogP contribution in [0.5, 0.6) is 0 Å². The first-order valence-electron chi connectivity index (χ1n) is 12.6. The number of carboxylic acid groups (broad SMARTS) is 2. The lowest BCUT2D eigenvalue weighted by Gasteiger charge is -2.32. The molecule has 1 aliphatic heterocycles. The molecule has 0 aliphatic carbocycles. The molecule has 1 aliphatic rings. The maximum Gasteiger partial charge on any atom is 0.336 e. The average molecular weight is 565 g/mol. The minimum Gasteiger partial charge on any atom is -0.478 e. The molecule has 0 saturated carbocycles. The van der Waals surface area contributed by atoms with Crippen LogP contribution in [0, 0.1) is 0 Å². The van der Waals surface area contributed by atoms with Crippen molar-refractivity contribution in [2.45, 2.75) is 58.3 Å². The van der Waals surface area contributed by atoms with Crippen LogP contribution in [-0.2, 0) is 28.7 Å². The van der Waals surface area contributed by atoms with E-state index < -0.39 is 29.8 Å². The minimum absolute atomic E-state index is 0.236. The molecule has 5 N–H and O–H groups in total. The van der Waals surface area contributed by atoms with E-state index in [-0.39, 0.29) is 6.61 Å². The summed E-state index contributed by atoms with van der Waals surface area (Å²) in [5, 5.41) is 19.4. The lowest BCUT2D eigenvalue weighted by atomic mass is 9.79. The van der Waals surface area contributed by atoms with Gasteiger partial charge in [0.05, 0.1) is 30.8 Å². The SMILES string of the molecule is CCOC(=O)C1=C(CCCCCCCN)NC(C)=C(C(=O)OC)[C@H]1c1ccccc1Cl.O=C(O)C=CC(=O)O. The van der Waals surface area contributed by atoms with Gasteiger partial charge in [-0.05, 0) is 51.3 Å². The predicted octanol–water partition coefficient (Wildman–Crippen LogP) is 4.30. The summed E-state index contributed by atoms with van der Waals surface area (Å²) in [6.45, 7) is 4.53. The van der Waals surface area contributed by atoms with Gasteiger partial charge in [-0.3, -0.25) is 0 Å². The van der Waals surface area contributed by atoms with Gasteiger partial charge < -0.3 is 30.7 Å². The molecule has 11 heteroatoms. The molecule has 0 aromatic heterocycles. The van der Waals surface area contributed by atoms with Gasteiger partial charge in [0.25, 0.3) is 0 Å². The molecule has 214 valence electrons. The number of nitrogens with one attached hydrogen (secondary N) is 1. The van der Waals surface area contributed by atoms with E-state index in [4.69, 9.17) is 37.0 Å². The van der Waals surface area contributed by atoms with E-state index in [1.165, 1.54) is 7.11 Å². The first-order chi connectivity index (χ1) is 18.6. The number of benzene rings is 1. The molecule has 1 aromatic carbocycles. The fourth-order valence-corrected chi connectivity index (χ4v) is 4.31. The number of carbonyl (C=O) groups is 4. The summed E-state index contributed by atoms with van der Waals surface area (Å²) in [5.41, 5.74) is 8.45.